The van der Waals surface area contributed by atoms with Crippen LogP contribution in [0.5, 0.6) is 0 Å². The van der Waals surface area contributed by atoms with Gasteiger partial charge in [-0.15, -0.1) is 0 Å². The van der Waals surface area contributed by atoms with E-state index in [9.17, 15) is 14.7 Å². The molecule has 2 fully saturated rings. The van der Waals surface area contributed by atoms with Gasteiger partial charge in [0.1, 0.15) is 0 Å². The second-order valence-electron chi connectivity index (χ2n) is 6.11. The molecule has 1 aromatic heterocycles. The van der Waals surface area contributed by atoms with Crippen LogP contribution in [0.25, 0.3) is 0 Å². The lowest BCUT2D eigenvalue weighted by molar-refractivity contribution is -0.134. The Bertz CT molecular complexity index is 542. The van der Waals surface area contributed by atoms with Crippen molar-refractivity contribution < 1.29 is 19.1 Å². The molecule has 1 aromatic rings. The van der Waals surface area contributed by atoms with Gasteiger partial charge >= 0.3 is 0 Å². The van der Waals surface area contributed by atoms with E-state index in [0.717, 1.165) is 6.42 Å². The number of hydrogen-bond acceptors (Lipinski definition) is 4. The van der Waals surface area contributed by atoms with Crippen molar-refractivity contribution in [1.82, 2.24) is 9.80 Å². The van der Waals surface area contributed by atoms with Crippen molar-refractivity contribution in [1.29, 1.82) is 0 Å². The van der Waals surface area contributed by atoms with Crippen LogP contribution in [0.15, 0.2) is 22.8 Å². The van der Waals surface area contributed by atoms with Crippen LogP contribution in [-0.4, -0.2) is 59.5 Å². The van der Waals surface area contributed by atoms with Crippen LogP contribution in [-0.2, 0) is 4.79 Å². The first-order chi connectivity index (χ1) is 10.1. The summed E-state index contributed by atoms with van der Waals surface area (Å²) in [6, 6.07) is 3.34. The van der Waals surface area contributed by atoms with Crippen LogP contribution < -0.4 is 0 Å². The van der Waals surface area contributed by atoms with Crippen LogP contribution >= 0.6 is 0 Å². The van der Waals surface area contributed by atoms with E-state index in [0.29, 0.717) is 31.9 Å². The molecule has 2 atom stereocenters. The minimum Gasteiger partial charge on any atom is -0.459 e. The number of hydrogen-bond donors (Lipinski definition) is 1. The fraction of sp³-hybridized carbons (Fsp3) is 0.600. The summed E-state index contributed by atoms with van der Waals surface area (Å²) in [5.41, 5.74) is -0.397. The third-order valence-electron chi connectivity index (χ3n) is 4.85. The van der Waals surface area contributed by atoms with Gasteiger partial charge in [0.25, 0.3) is 5.91 Å². The van der Waals surface area contributed by atoms with E-state index < -0.39 is 5.41 Å². The van der Waals surface area contributed by atoms with Gasteiger partial charge in [-0.1, -0.05) is 0 Å². The number of piperidine rings is 1. The number of carbonyl (C=O) groups is 2. The predicted molar refractivity (Wildman–Crippen MR) is 74.5 cm³/mol. The number of aliphatic hydroxyl groups is 1. The first kappa shape index (κ1) is 14.1. The lowest BCUT2D eigenvalue weighted by Gasteiger charge is -2.42. The van der Waals surface area contributed by atoms with E-state index in [1.54, 1.807) is 28.9 Å². The zero-order valence-electron chi connectivity index (χ0n) is 12.1. The van der Waals surface area contributed by atoms with Gasteiger partial charge in [-0.05, 0) is 24.5 Å². The molecule has 0 radical (unpaired) electrons. The van der Waals surface area contributed by atoms with Gasteiger partial charge in [0.2, 0.25) is 5.91 Å². The highest BCUT2D eigenvalue weighted by molar-refractivity contribution is 5.91. The number of aliphatic hydroxyl groups excluding tert-OH is 1. The largest absolute Gasteiger partial charge is 0.459 e. The number of rotatable bonds is 2. The monoisotopic (exact) mass is 292 g/mol. The molecular formula is C15H20N2O4. The van der Waals surface area contributed by atoms with Gasteiger partial charge in [0.05, 0.1) is 12.9 Å². The van der Waals surface area contributed by atoms with Crippen LogP contribution in [0.2, 0.25) is 0 Å². The molecule has 0 saturated carbocycles. The molecule has 1 N–H and O–H groups in total. The molecule has 0 spiro atoms. The third-order valence-corrected chi connectivity index (χ3v) is 4.85. The molecule has 2 aliphatic rings. The Morgan fingerprint density at radius 1 is 1.43 bits per heavy atom. The van der Waals surface area contributed by atoms with E-state index in [1.165, 1.54) is 6.26 Å². The molecule has 0 bridgehead atoms. The van der Waals surface area contributed by atoms with Crippen molar-refractivity contribution in [2.24, 2.45) is 11.3 Å². The maximum Gasteiger partial charge on any atom is 0.289 e. The minimum atomic E-state index is -0.397. The quantitative estimate of drug-likeness (QED) is 0.865. The molecule has 2 saturated heterocycles. The molecule has 0 aromatic carbocycles. The Hall–Kier alpha value is -1.82. The van der Waals surface area contributed by atoms with Crippen LogP contribution in [0.4, 0.5) is 0 Å². The molecule has 2 aliphatic heterocycles. The number of carbonyl (C=O) groups excluding carboxylic acids is 2. The van der Waals surface area contributed by atoms with Gasteiger partial charge in [-0.3, -0.25) is 9.59 Å². The smallest absolute Gasteiger partial charge is 0.289 e. The summed E-state index contributed by atoms with van der Waals surface area (Å²) in [5.74, 6) is 0.441. The number of fused-ring (bicyclic) bond motifs is 1. The van der Waals surface area contributed by atoms with E-state index in [2.05, 4.69) is 0 Å². The molecule has 3 heterocycles. The second-order valence-corrected chi connectivity index (χ2v) is 6.11. The first-order valence-electron chi connectivity index (χ1n) is 7.25. The summed E-state index contributed by atoms with van der Waals surface area (Å²) in [6.07, 6.45) is 2.30. The topological polar surface area (TPSA) is 74.0 Å². The van der Waals surface area contributed by atoms with Crippen molar-refractivity contribution in [2.75, 3.05) is 32.8 Å². The van der Waals surface area contributed by atoms with Crippen molar-refractivity contribution >= 4 is 11.8 Å². The van der Waals surface area contributed by atoms with Crippen LogP contribution in [0, 0.1) is 11.3 Å². The zero-order chi connectivity index (χ0) is 15.0. The summed E-state index contributed by atoms with van der Waals surface area (Å²) >= 11 is 0. The lowest BCUT2D eigenvalue weighted by atomic mass is 9.74. The highest BCUT2D eigenvalue weighted by Crippen LogP contribution is 2.42. The lowest BCUT2D eigenvalue weighted by Crippen LogP contribution is -2.52. The summed E-state index contributed by atoms with van der Waals surface area (Å²) in [7, 11) is 0. The van der Waals surface area contributed by atoms with Crippen LogP contribution in [0.3, 0.4) is 0 Å². The molecule has 114 valence electrons. The Morgan fingerprint density at radius 2 is 2.19 bits per heavy atom. The highest BCUT2D eigenvalue weighted by Gasteiger charge is 2.51. The van der Waals surface area contributed by atoms with Crippen molar-refractivity contribution in [2.45, 2.75) is 13.3 Å². The maximum absolute atomic E-state index is 12.4. The SMILES string of the molecule is CC(=O)N1CC[C@H]2CN(C(=O)c3ccco3)C[C@@]2(CO)C1. The van der Waals surface area contributed by atoms with Gasteiger partial charge < -0.3 is 19.3 Å². The first-order valence-corrected chi connectivity index (χ1v) is 7.25. The van der Waals surface area contributed by atoms with Crippen LogP contribution in [0.1, 0.15) is 23.9 Å². The Balaban J connectivity index is 1.79. The number of amides is 2. The second kappa shape index (κ2) is 5.18. The average molecular weight is 292 g/mol. The standard InChI is InChI=1S/C15H20N2O4/c1-11(19)16-5-4-12-7-17(9-15(12,8-16)10-18)14(20)13-3-2-6-21-13/h2-3,6,12,18H,4-5,7-10H2,1H3/t12-,15+/m0/s1. The Labute approximate surface area is 123 Å². The summed E-state index contributed by atoms with van der Waals surface area (Å²) in [5, 5.41) is 9.88. The molecule has 21 heavy (non-hydrogen) atoms. The van der Waals surface area contributed by atoms with E-state index in [4.69, 9.17) is 4.42 Å². The summed E-state index contributed by atoms with van der Waals surface area (Å²) < 4.78 is 5.17. The third kappa shape index (κ3) is 2.33. The van der Waals surface area contributed by atoms with Gasteiger partial charge in [-0.25, -0.2) is 0 Å². The molecule has 6 heteroatoms. The summed E-state index contributed by atoms with van der Waals surface area (Å²) in [4.78, 5) is 27.5. The van der Waals surface area contributed by atoms with Crippen molar-refractivity contribution in [3.8, 4) is 0 Å². The van der Waals surface area contributed by atoms with Gasteiger partial charge in [-0.2, -0.15) is 0 Å². The predicted octanol–water partition coefficient (Wildman–Crippen LogP) is 0.582. The number of furan rings is 1. The molecular weight excluding hydrogens is 272 g/mol. The van der Waals surface area contributed by atoms with E-state index >= 15 is 0 Å². The van der Waals surface area contributed by atoms with E-state index in [-0.39, 0.29) is 24.3 Å². The van der Waals surface area contributed by atoms with E-state index in [1.807, 2.05) is 0 Å². The zero-order valence-corrected chi connectivity index (χ0v) is 12.1. The fourth-order valence-corrected chi connectivity index (χ4v) is 3.59. The minimum absolute atomic E-state index is 0.0105. The molecule has 2 amide bonds. The molecule has 0 unspecified atom stereocenters. The number of nitrogens with zero attached hydrogens (tertiary/aromatic N) is 2. The van der Waals surface area contributed by atoms with Crippen molar-refractivity contribution in [3.05, 3.63) is 24.2 Å². The normalized spacial score (nSPS) is 28.6. The number of likely N-dealkylation sites (tertiary alicyclic amines) is 2. The summed E-state index contributed by atoms with van der Waals surface area (Å²) in [6.45, 7) is 3.84. The Kier molecular flexibility index (Phi) is 3.49. The van der Waals surface area contributed by atoms with Crippen molar-refractivity contribution in [3.63, 3.8) is 0 Å². The van der Waals surface area contributed by atoms with Gasteiger partial charge in [0, 0.05) is 38.5 Å². The highest BCUT2D eigenvalue weighted by atomic mass is 16.3. The Morgan fingerprint density at radius 3 is 2.81 bits per heavy atom. The fourth-order valence-electron chi connectivity index (χ4n) is 3.59. The maximum atomic E-state index is 12.4. The average Bonchev–Trinajstić information content (AvgIpc) is 3.13. The molecule has 0 aliphatic carbocycles. The molecule has 3 rings (SSSR count). The van der Waals surface area contributed by atoms with Gasteiger partial charge in [0.15, 0.2) is 5.76 Å². The molecule has 6 nitrogen and oxygen atoms in total.